The minimum Gasteiger partial charge on any atom is -0.396 e. The van der Waals surface area contributed by atoms with Crippen LogP contribution in [0.4, 0.5) is 0 Å². The van der Waals surface area contributed by atoms with Gasteiger partial charge in [0.25, 0.3) is 0 Å². The summed E-state index contributed by atoms with van der Waals surface area (Å²) in [5, 5.41) is 21.6. The quantitative estimate of drug-likeness (QED) is 0.799. The van der Waals surface area contributed by atoms with Crippen molar-refractivity contribution in [3.8, 4) is 6.07 Å². The minimum absolute atomic E-state index is 0.0531. The maximum atomic E-state index is 12.2. The predicted molar refractivity (Wildman–Crippen MR) is 67.4 cm³/mol. The van der Waals surface area contributed by atoms with Crippen LogP contribution >= 0.6 is 0 Å². The number of hydrogen-bond acceptors (Lipinski definition) is 3. The van der Waals surface area contributed by atoms with Crippen LogP contribution < -0.4 is 5.32 Å². The maximum Gasteiger partial charge on any atom is 0.240 e. The molecule has 1 amide bonds. The van der Waals surface area contributed by atoms with Crippen LogP contribution in [0.25, 0.3) is 0 Å². The van der Waals surface area contributed by atoms with Crippen molar-refractivity contribution in [1.29, 1.82) is 5.26 Å². The highest BCUT2D eigenvalue weighted by molar-refractivity contribution is 5.86. The molecule has 0 aromatic carbocycles. The van der Waals surface area contributed by atoms with E-state index in [1.165, 1.54) is 0 Å². The Morgan fingerprint density at radius 1 is 1.44 bits per heavy atom. The van der Waals surface area contributed by atoms with E-state index < -0.39 is 5.41 Å². The third-order valence-electron chi connectivity index (χ3n) is 4.50. The smallest absolute Gasteiger partial charge is 0.240 e. The van der Waals surface area contributed by atoms with Gasteiger partial charge in [-0.15, -0.1) is 0 Å². The van der Waals surface area contributed by atoms with Crippen molar-refractivity contribution in [2.75, 3.05) is 6.61 Å². The molecule has 0 saturated heterocycles. The SMILES string of the molecule is CC1CC(C#N)(C(=O)NC2CCCCC2CO)C1. The summed E-state index contributed by atoms with van der Waals surface area (Å²) in [5.74, 6) is 0.514. The Kier molecular flexibility index (Phi) is 3.91. The molecule has 4 nitrogen and oxygen atoms in total. The summed E-state index contributed by atoms with van der Waals surface area (Å²) in [6.45, 7) is 2.20. The largest absolute Gasteiger partial charge is 0.396 e. The average Bonchev–Trinajstić information content (AvgIpc) is 2.35. The van der Waals surface area contributed by atoms with Crippen LogP contribution in [-0.4, -0.2) is 23.7 Å². The van der Waals surface area contributed by atoms with Crippen LogP contribution in [0.15, 0.2) is 0 Å². The molecule has 100 valence electrons. The molecule has 0 aromatic rings. The normalized spacial score (nSPS) is 39.5. The standard InChI is InChI=1S/C14H22N2O2/c1-10-6-14(7-10,9-15)13(18)16-12-5-3-2-4-11(12)8-17/h10-12,17H,2-8H2,1H3,(H,16,18). The highest BCUT2D eigenvalue weighted by Crippen LogP contribution is 2.45. The van der Waals surface area contributed by atoms with E-state index in [4.69, 9.17) is 0 Å². The summed E-state index contributed by atoms with van der Waals surface area (Å²) in [6.07, 6.45) is 5.46. The molecule has 18 heavy (non-hydrogen) atoms. The number of aliphatic hydroxyl groups excluding tert-OH is 1. The molecule has 0 spiro atoms. The minimum atomic E-state index is -0.795. The highest BCUT2D eigenvalue weighted by Gasteiger charge is 2.49. The number of hydrogen-bond donors (Lipinski definition) is 2. The number of amides is 1. The third-order valence-corrected chi connectivity index (χ3v) is 4.50. The Morgan fingerprint density at radius 3 is 2.67 bits per heavy atom. The van der Waals surface area contributed by atoms with Crippen molar-refractivity contribution in [2.45, 2.75) is 51.5 Å². The highest BCUT2D eigenvalue weighted by atomic mass is 16.3. The molecule has 4 heteroatoms. The first-order valence-corrected chi connectivity index (χ1v) is 6.94. The van der Waals surface area contributed by atoms with Crippen molar-refractivity contribution in [3.05, 3.63) is 0 Å². The summed E-state index contributed by atoms with van der Waals surface area (Å²) < 4.78 is 0. The van der Waals surface area contributed by atoms with Gasteiger partial charge in [-0.2, -0.15) is 5.26 Å². The second-order valence-corrected chi connectivity index (χ2v) is 6.01. The molecular weight excluding hydrogens is 228 g/mol. The Labute approximate surface area is 108 Å². The van der Waals surface area contributed by atoms with Crippen molar-refractivity contribution in [3.63, 3.8) is 0 Å². The topological polar surface area (TPSA) is 73.1 Å². The lowest BCUT2D eigenvalue weighted by molar-refractivity contribution is -0.135. The van der Waals surface area contributed by atoms with Gasteiger partial charge in [-0.3, -0.25) is 4.79 Å². The zero-order valence-electron chi connectivity index (χ0n) is 11.0. The van der Waals surface area contributed by atoms with E-state index in [1.807, 2.05) is 0 Å². The van der Waals surface area contributed by atoms with E-state index >= 15 is 0 Å². The fourth-order valence-electron chi connectivity index (χ4n) is 3.38. The Hall–Kier alpha value is -1.08. The molecule has 2 unspecified atom stereocenters. The molecule has 2 N–H and O–H groups in total. The number of rotatable bonds is 3. The van der Waals surface area contributed by atoms with E-state index in [0.717, 1.165) is 25.7 Å². The second-order valence-electron chi connectivity index (χ2n) is 6.01. The molecule has 0 heterocycles. The third kappa shape index (κ3) is 2.37. The van der Waals surface area contributed by atoms with Crippen LogP contribution in [0.5, 0.6) is 0 Å². The van der Waals surface area contributed by atoms with Crippen molar-refractivity contribution < 1.29 is 9.90 Å². The molecule has 2 aliphatic rings. The Bertz CT molecular complexity index is 355. The molecular formula is C14H22N2O2. The monoisotopic (exact) mass is 250 g/mol. The van der Waals surface area contributed by atoms with Crippen LogP contribution in [-0.2, 0) is 4.79 Å². The van der Waals surface area contributed by atoms with Crippen LogP contribution in [0, 0.1) is 28.6 Å². The molecule has 2 fully saturated rings. The number of nitrogens with zero attached hydrogens (tertiary/aromatic N) is 1. The summed E-state index contributed by atoms with van der Waals surface area (Å²) in [7, 11) is 0. The van der Waals surface area contributed by atoms with E-state index in [0.29, 0.717) is 18.8 Å². The first kappa shape index (κ1) is 13.4. The number of aliphatic hydroxyl groups is 1. The van der Waals surface area contributed by atoms with Gasteiger partial charge in [-0.25, -0.2) is 0 Å². The average molecular weight is 250 g/mol. The molecule has 0 bridgehead atoms. The van der Waals surface area contributed by atoms with Gasteiger partial charge in [0, 0.05) is 18.6 Å². The van der Waals surface area contributed by atoms with E-state index in [-0.39, 0.29) is 24.5 Å². The lowest BCUT2D eigenvalue weighted by Gasteiger charge is -2.41. The van der Waals surface area contributed by atoms with Crippen LogP contribution in [0.2, 0.25) is 0 Å². The Balaban J connectivity index is 1.96. The van der Waals surface area contributed by atoms with E-state index in [9.17, 15) is 15.2 Å². The summed E-state index contributed by atoms with van der Waals surface area (Å²) in [4.78, 5) is 12.2. The van der Waals surface area contributed by atoms with Gasteiger partial charge in [0.05, 0.1) is 6.07 Å². The summed E-state index contributed by atoms with van der Waals surface area (Å²) in [6, 6.07) is 2.25. The van der Waals surface area contributed by atoms with Crippen LogP contribution in [0.3, 0.4) is 0 Å². The van der Waals surface area contributed by atoms with Gasteiger partial charge in [-0.05, 0) is 31.6 Å². The second kappa shape index (κ2) is 5.27. The molecule has 0 aromatic heterocycles. The van der Waals surface area contributed by atoms with E-state index in [1.54, 1.807) is 0 Å². The van der Waals surface area contributed by atoms with Gasteiger partial charge in [0.1, 0.15) is 5.41 Å². The number of carbonyl (C=O) groups excluding carboxylic acids is 1. The zero-order valence-corrected chi connectivity index (χ0v) is 11.0. The molecule has 2 aliphatic carbocycles. The lowest BCUT2D eigenvalue weighted by atomic mass is 9.63. The fourth-order valence-corrected chi connectivity index (χ4v) is 3.38. The van der Waals surface area contributed by atoms with E-state index in [2.05, 4.69) is 18.3 Å². The molecule has 0 radical (unpaired) electrons. The van der Waals surface area contributed by atoms with Crippen molar-refractivity contribution >= 4 is 5.91 Å². The number of nitriles is 1. The summed E-state index contributed by atoms with van der Waals surface area (Å²) in [5.41, 5.74) is -0.795. The molecule has 0 aliphatic heterocycles. The molecule has 2 rings (SSSR count). The fraction of sp³-hybridized carbons (Fsp3) is 0.857. The maximum absolute atomic E-state index is 12.2. The van der Waals surface area contributed by atoms with Gasteiger partial charge in [0.15, 0.2) is 0 Å². The van der Waals surface area contributed by atoms with Gasteiger partial charge < -0.3 is 10.4 Å². The van der Waals surface area contributed by atoms with Crippen molar-refractivity contribution in [1.82, 2.24) is 5.32 Å². The number of carbonyl (C=O) groups is 1. The first-order valence-electron chi connectivity index (χ1n) is 6.94. The zero-order chi connectivity index (χ0) is 13.2. The molecule has 2 atom stereocenters. The first-order chi connectivity index (χ1) is 8.61. The van der Waals surface area contributed by atoms with Gasteiger partial charge in [-0.1, -0.05) is 19.8 Å². The van der Waals surface area contributed by atoms with Crippen molar-refractivity contribution in [2.24, 2.45) is 17.3 Å². The molecule has 2 saturated carbocycles. The lowest BCUT2D eigenvalue weighted by Crippen LogP contribution is -2.53. The van der Waals surface area contributed by atoms with Crippen LogP contribution in [0.1, 0.15) is 45.4 Å². The van der Waals surface area contributed by atoms with Gasteiger partial charge >= 0.3 is 0 Å². The van der Waals surface area contributed by atoms with Gasteiger partial charge in [0.2, 0.25) is 5.91 Å². The summed E-state index contributed by atoms with van der Waals surface area (Å²) >= 11 is 0. The Morgan fingerprint density at radius 2 is 2.11 bits per heavy atom. The number of nitrogens with one attached hydrogen (secondary N) is 1. The predicted octanol–water partition coefficient (Wildman–Crippen LogP) is 1.59.